The highest BCUT2D eigenvalue weighted by Crippen LogP contribution is 2.43. The van der Waals surface area contributed by atoms with Gasteiger partial charge in [0.2, 0.25) is 0 Å². The molecular formula is C48H34N2. The second-order valence-electron chi connectivity index (χ2n) is 13.3. The summed E-state index contributed by atoms with van der Waals surface area (Å²) in [6, 6.07) is 64.0. The smallest absolute Gasteiger partial charge is 0.0619 e. The van der Waals surface area contributed by atoms with Crippen molar-refractivity contribution in [1.29, 1.82) is 0 Å². The van der Waals surface area contributed by atoms with Gasteiger partial charge in [0.05, 0.1) is 22.1 Å². The Bertz CT molecular complexity index is 2760. The molecule has 0 N–H and O–H groups in total. The molecule has 2 aromatic heterocycles. The summed E-state index contributed by atoms with van der Waals surface area (Å²) in [6.45, 7) is 0. The van der Waals surface area contributed by atoms with Crippen molar-refractivity contribution in [3.63, 3.8) is 0 Å². The van der Waals surface area contributed by atoms with Gasteiger partial charge in [0.1, 0.15) is 0 Å². The van der Waals surface area contributed by atoms with Crippen LogP contribution in [0.25, 0.3) is 71.7 Å². The van der Waals surface area contributed by atoms with Crippen molar-refractivity contribution in [3.05, 3.63) is 199 Å². The fourth-order valence-corrected chi connectivity index (χ4v) is 8.21. The zero-order valence-corrected chi connectivity index (χ0v) is 27.6. The Morgan fingerprint density at radius 2 is 1.04 bits per heavy atom. The summed E-state index contributed by atoms with van der Waals surface area (Å²) in [5, 5.41) is 5.08. The standard InChI is InChI=1S/C48H34N2/c1-4-15-33(16-5-1)36-29-37(34-17-6-2-7-18-34)31-39(30-36)49-45-25-12-11-22-42(45)44-32-35(27-28-47(44)49)40-23-14-24-43-41-21-10-13-26-46(41)50(48(40)43)38-19-8-3-9-20-38/h1-30,32,37H,31H2. The van der Waals surface area contributed by atoms with E-state index in [1.165, 1.54) is 82.8 Å². The molecule has 1 aliphatic carbocycles. The second-order valence-corrected chi connectivity index (χ2v) is 13.3. The van der Waals surface area contributed by atoms with Crippen LogP contribution in [0, 0.1) is 0 Å². The lowest BCUT2D eigenvalue weighted by Gasteiger charge is -2.24. The van der Waals surface area contributed by atoms with E-state index in [4.69, 9.17) is 0 Å². The quantitative estimate of drug-likeness (QED) is 0.178. The maximum atomic E-state index is 2.52. The molecule has 7 aromatic carbocycles. The van der Waals surface area contributed by atoms with Gasteiger partial charge in [-0.05, 0) is 71.2 Å². The van der Waals surface area contributed by atoms with Crippen molar-refractivity contribution in [2.75, 3.05) is 0 Å². The first-order valence-corrected chi connectivity index (χ1v) is 17.5. The van der Waals surface area contributed by atoms with E-state index in [1.54, 1.807) is 0 Å². The summed E-state index contributed by atoms with van der Waals surface area (Å²) in [5.74, 6) is 0.277. The predicted octanol–water partition coefficient (Wildman–Crippen LogP) is 12.7. The molecule has 0 radical (unpaired) electrons. The minimum Gasteiger partial charge on any atom is -0.313 e. The number of fused-ring (bicyclic) bond motifs is 6. The molecule has 1 unspecified atom stereocenters. The molecule has 1 atom stereocenters. The van der Waals surface area contributed by atoms with Crippen LogP contribution in [0.5, 0.6) is 0 Å². The molecule has 9 aromatic rings. The van der Waals surface area contributed by atoms with Crippen LogP contribution in [0.15, 0.2) is 188 Å². The monoisotopic (exact) mass is 638 g/mol. The lowest BCUT2D eigenvalue weighted by atomic mass is 9.85. The van der Waals surface area contributed by atoms with Gasteiger partial charge in [-0.15, -0.1) is 0 Å². The van der Waals surface area contributed by atoms with Crippen molar-refractivity contribution in [3.8, 4) is 16.8 Å². The molecule has 0 aliphatic heterocycles. The SMILES string of the molecule is C1=C(c2ccccc2)C=C(n2c3ccccc3c3cc(-c4cccc5c6ccccc6n(-c6ccccc6)c45)ccc32)CC1c1ccccc1. The van der Waals surface area contributed by atoms with Gasteiger partial charge < -0.3 is 9.13 Å². The number of rotatable bonds is 5. The van der Waals surface area contributed by atoms with E-state index in [0.717, 1.165) is 6.42 Å². The number of allylic oxidation sites excluding steroid dienone is 4. The van der Waals surface area contributed by atoms with Gasteiger partial charge in [-0.1, -0.05) is 146 Å². The first-order valence-electron chi connectivity index (χ1n) is 17.5. The van der Waals surface area contributed by atoms with Crippen molar-refractivity contribution >= 4 is 54.9 Å². The summed E-state index contributed by atoms with van der Waals surface area (Å²) in [5.41, 5.74) is 13.7. The van der Waals surface area contributed by atoms with Crippen molar-refractivity contribution in [2.45, 2.75) is 12.3 Å². The maximum Gasteiger partial charge on any atom is 0.0619 e. The van der Waals surface area contributed by atoms with Crippen molar-refractivity contribution in [1.82, 2.24) is 9.13 Å². The third-order valence-electron chi connectivity index (χ3n) is 10.4. The van der Waals surface area contributed by atoms with Gasteiger partial charge in [0.15, 0.2) is 0 Å². The molecule has 10 rings (SSSR count). The molecule has 0 fully saturated rings. The number of benzene rings is 7. The highest BCUT2D eigenvalue weighted by Gasteiger charge is 2.23. The van der Waals surface area contributed by atoms with Crippen LogP contribution in [0.3, 0.4) is 0 Å². The topological polar surface area (TPSA) is 9.86 Å². The minimum atomic E-state index is 0.277. The molecule has 2 heterocycles. The minimum absolute atomic E-state index is 0.277. The molecule has 236 valence electrons. The van der Waals surface area contributed by atoms with Crippen molar-refractivity contribution < 1.29 is 0 Å². The number of aromatic nitrogens is 2. The fraction of sp³-hybridized carbons (Fsp3) is 0.0417. The van der Waals surface area contributed by atoms with Crippen LogP contribution in [-0.4, -0.2) is 9.13 Å². The van der Waals surface area contributed by atoms with E-state index >= 15 is 0 Å². The van der Waals surface area contributed by atoms with Crippen LogP contribution in [0.2, 0.25) is 0 Å². The summed E-state index contributed by atoms with van der Waals surface area (Å²) in [4.78, 5) is 0. The number of hydrogen-bond donors (Lipinski definition) is 0. The first-order chi connectivity index (χ1) is 24.8. The van der Waals surface area contributed by atoms with Gasteiger partial charge in [0, 0.05) is 44.4 Å². The van der Waals surface area contributed by atoms with E-state index in [0.29, 0.717) is 0 Å². The normalized spacial score (nSPS) is 14.8. The van der Waals surface area contributed by atoms with Crippen LogP contribution in [0.4, 0.5) is 0 Å². The molecule has 2 nitrogen and oxygen atoms in total. The third kappa shape index (κ3) is 4.57. The molecule has 0 bridgehead atoms. The van der Waals surface area contributed by atoms with Crippen molar-refractivity contribution in [2.24, 2.45) is 0 Å². The number of hydrogen-bond acceptors (Lipinski definition) is 0. The average Bonchev–Trinajstić information content (AvgIpc) is 3.71. The van der Waals surface area contributed by atoms with Gasteiger partial charge in [0.25, 0.3) is 0 Å². The molecular weight excluding hydrogens is 605 g/mol. The molecule has 0 saturated heterocycles. The zero-order valence-electron chi connectivity index (χ0n) is 27.6. The average molecular weight is 639 g/mol. The Morgan fingerprint density at radius 1 is 0.440 bits per heavy atom. The lowest BCUT2D eigenvalue weighted by Crippen LogP contribution is -2.08. The zero-order chi connectivity index (χ0) is 33.0. The highest BCUT2D eigenvalue weighted by atomic mass is 15.0. The molecule has 1 aliphatic rings. The number of para-hydroxylation sites is 4. The summed E-state index contributed by atoms with van der Waals surface area (Å²) in [6.07, 6.45) is 5.78. The summed E-state index contributed by atoms with van der Waals surface area (Å²) >= 11 is 0. The Labute approximate surface area is 291 Å². The van der Waals surface area contributed by atoms with Crippen LogP contribution in [0.1, 0.15) is 23.5 Å². The molecule has 0 amide bonds. The van der Waals surface area contributed by atoms with E-state index in [-0.39, 0.29) is 5.92 Å². The lowest BCUT2D eigenvalue weighted by molar-refractivity contribution is 0.840. The first kappa shape index (κ1) is 28.6. The number of nitrogens with zero attached hydrogens (tertiary/aromatic N) is 2. The van der Waals surface area contributed by atoms with Crippen LogP contribution in [-0.2, 0) is 0 Å². The Hall–Kier alpha value is -6.38. The van der Waals surface area contributed by atoms with Gasteiger partial charge in [-0.2, -0.15) is 0 Å². The molecule has 0 saturated carbocycles. The fourth-order valence-electron chi connectivity index (χ4n) is 8.21. The largest absolute Gasteiger partial charge is 0.313 e. The Morgan fingerprint density at radius 3 is 1.80 bits per heavy atom. The molecule has 0 spiro atoms. The van der Waals surface area contributed by atoms with E-state index in [2.05, 4.69) is 197 Å². The van der Waals surface area contributed by atoms with E-state index in [1.807, 2.05) is 0 Å². The Kier molecular flexibility index (Phi) is 6.67. The maximum absolute atomic E-state index is 2.52. The van der Waals surface area contributed by atoms with Gasteiger partial charge in [-0.25, -0.2) is 0 Å². The summed E-state index contributed by atoms with van der Waals surface area (Å²) in [7, 11) is 0. The Balaban J connectivity index is 1.20. The highest BCUT2D eigenvalue weighted by molar-refractivity contribution is 6.16. The van der Waals surface area contributed by atoms with E-state index in [9.17, 15) is 0 Å². The molecule has 50 heavy (non-hydrogen) atoms. The summed E-state index contributed by atoms with van der Waals surface area (Å²) < 4.78 is 4.95. The predicted molar refractivity (Wildman–Crippen MR) is 212 cm³/mol. The third-order valence-corrected chi connectivity index (χ3v) is 10.4. The van der Waals surface area contributed by atoms with Crippen LogP contribution < -0.4 is 0 Å². The van der Waals surface area contributed by atoms with Gasteiger partial charge in [-0.3, -0.25) is 0 Å². The van der Waals surface area contributed by atoms with Crippen LogP contribution >= 0.6 is 0 Å². The van der Waals surface area contributed by atoms with Gasteiger partial charge >= 0.3 is 0 Å². The second kappa shape index (κ2) is 11.6. The van der Waals surface area contributed by atoms with E-state index < -0.39 is 0 Å². The molecule has 2 heteroatoms.